The lowest BCUT2D eigenvalue weighted by Gasteiger charge is -2.39. The molecule has 1 heterocycles. The van der Waals surface area contributed by atoms with Crippen LogP contribution in [0.4, 0.5) is 0 Å². The van der Waals surface area contributed by atoms with Crippen LogP contribution in [0.15, 0.2) is 89.4 Å². The molecule has 6 rings (SSSR count). The summed E-state index contributed by atoms with van der Waals surface area (Å²) in [5.41, 5.74) is 8.52. The highest BCUT2D eigenvalue weighted by Crippen LogP contribution is 2.62. The van der Waals surface area contributed by atoms with Gasteiger partial charge in [0, 0.05) is 15.6 Å². The van der Waals surface area contributed by atoms with Crippen LogP contribution in [0.1, 0.15) is 27.8 Å². The number of ether oxygens (including phenoxy) is 1. The van der Waals surface area contributed by atoms with Crippen molar-refractivity contribution in [3.05, 3.63) is 117 Å². The van der Waals surface area contributed by atoms with Gasteiger partial charge in [-0.2, -0.15) is 0 Å². The fourth-order valence-electron chi connectivity index (χ4n) is 4.99. The maximum Gasteiger partial charge on any atom is 0.132 e. The van der Waals surface area contributed by atoms with E-state index in [2.05, 4.69) is 102 Å². The normalized spacial score (nSPS) is 18.1. The second kappa shape index (κ2) is 5.59. The molecule has 1 spiro atoms. The van der Waals surface area contributed by atoms with Crippen molar-refractivity contribution in [1.29, 1.82) is 0 Å². The third-order valence-electron chi connectivity index (χ3n) is 6.06. The van der Waals surface area contributed by atoms with Crippen LogP contribution < -0.4 is 4.74 Å². The zero-order valence-corrected chi connectivity index (χ0v) is 17.0. The SMILES string of the molecule is Cc1ccc2c(c1)C1(c3ccccc3O2)c2ccccc2-c2ccc(Br)cc21. The second-order valence-electron chi connectivity index (χ2n) is 7.58. The van der Waals surface area contributed by atoms with Crippen molar-refractivity contribution in [3.63, 3.8) is 0 Å². The fourth-order valence-corrected chi connectivity index (χ4v) is 5.35. The number of para-hydroxylation sites is 1. The quantitative estimate of drug-likeness (QED) is 0.250. The first-order chi connectivity index (χ1) is 13.7. The van der Waals surface area contributed by atoms with Gasteiger partial charge in [0.2, 0.25) is 0 Å². The van der Waals surface area contributed by atoms with E-state index in [0.717, 1.165) is 16.0 Å². The van der Waals surface area contributed by atoms with E-state index in [9.17, 15) is 0 Å². The minimum absolute atomic E-state index is 0.369. The summed E-state index contributed by atoms with van der Waals surface area (Å²) in [5.74, 6) is 1.87. The van der Waals surface area contributed by atoms with Gasteiger partial charge in [-0.05, 0) is 53.4 Å². The topological polar surface area (TPSA) is 9.23 Å². The summed E-state index contributed by atoms with van der Waals surface area (Å²) in [6.45, 7) is 2.15. The van der Waals surface area contributed by atoms with E-state index in [0.29, 0.717) is 0 Å². The Morgan fingerprint density at radius 2 is 1.36 bits per heavy atom. The Kier molecular flexibility index (Phi) is 3.22. The van der Waals surface area contributed by atoms with Crippen molar-refractivity contribution in [2.75, 3.05) is 0 Å². The Morgan fingerprint density at radius 3 is 2.25 bits per heavy atom. The molecular weight excluding hydrogens is 408 g/mol. The molecule has 0 fully saturated rings. The van der Waals surface area contributed by atoms with Gasteiger partial charge in [0.15, 0.2) is 0 Å². The van der Waals surface area contributed by atoms with Crippen LogP contribution in [-0.2, 0) is 5.41 Å². The molecule has 0 radical (unpaired) electrons. The van der Waals surface area contributed by atoms with Gasteiger partial charge in [0.25, 0.3) is 0 Å². The standard InChI is InChI=1S/C26H17BrO/c1-16-10-13-25-23(14-16)26(21-8-4-5-9-24(21)28-25)20-7-3-2-6-18(20)19-12-11-17(27)15-22(19)26/h2-15H,1H3. The molecule has 0 aromatic heterocycles. The highest BCUT2D eigenvalue weighted by molar-refractivity contribution is 9.10. The smallest absolute Gasteiger partial charge is 0.132 e. The summed E-state index contributed by atoms with van der Waals surface area (Å²) in [4.78, 5) is 0. The van der Waals surface area contributed by atoms with Crippen molar-refractivity contribution < 1.29 is 4.74 Å². The number of rotatable bonds is 0. The molecule has 4 aromatic rings. The monoisotopic (exact) mass is 424 g/mol. The van der Waals surface area contributed by atoms with Crippen LogP contribution in [0.25, 0.3) is 11.1 Å². The Bertz CT molecular complexity index is 1270. The molecule has 1 nitrogen and oxygen atoms in total. The first kappa shape index (κ1) is 16.1. The molecule has 1 unspecified atom stereocenters. The van der Waals surface area contributed by atoms with Crippen LogP contribution >= 0.6 is 15.9 Å². The number of fused-ring (bicyclic) bond motifs is 9. The number of benzene rings is 4. The van der Waals surface area contributed by atoms with E-state index < -0.39 is 0 Å². The molecule has 1 atom stereocenters. The highest BCUT2D eigenvalue weighted by atomic mass is 79.9. The number of halogens is 1. The first-order valence-corrected chi connectivity index (χ1v) is 10.3. The van der Waals surface area contributed by atoms with E-state index in [1.165, 1.54) is 38.9 Å². The average molecular weight is 425 g/mol. The first-order valence-electron chi connectivity index (χ1n) is 9.48. The number of hydrogen-bond acceptors (Lipinski definition) is 1. The van der Waals surface area contributed by atoms with E-state index in [-0.39, 0.29) is 5.41 Å². The van der Waals surface area contributed by atoms with Gasteiger partial charge in [-0.15, -0.1) is 0 Å². The Hall–Kier alpha value is -2.84. The molecule has 2 aliphatic rings. The molecular formula is C26H17BrO. The summed E-state index contributed by atoms with van der Waals surface area (Å²) >= 11 is 3.72. The molecule has 4 aromatic carbocycles. The van der Waals surface area contributed by atoms with Gasteiger partial charge in [-0.25, -0.2) is 0 Å². The zero-order valence-electron chi connectivity index (χ0n) is 15.4. The summed E-state index contributed by atoms with van der Waals surface area (Å²) in [6.07, 6.45) is 0. The van der Waals surface area contributed by atoms with E-state index in [1.54, 1.807) is 0 Å². The maximum absolute atomic E-state index is 6.37. The zero-order chi connectivity index (χ0) is 18.9. The van der Waals surface area contributed by atoms with Crippen molar-refractivity contribution >= 4 is 15.9 Å². The summed E-state index contributed by atoms with van der Waals surface area (Å²) in [5, 5.41) is 0. The van der Waals surface area contributed by atoms with Gasteiger partial charge < -0.3 is 4.74 Å². The Morgan fingerprint density at radius 1 is 0.643 bits per heavy atom. The molecule has 0 saturated heterocycles. The van der Waals surface area contributed by atoms with Crippen LogP contribution in [-0.4, -0.2) is 0 Å². The second-order valence-corrected chi connectivity index (χ2v) is 8.50. The highest BCUT2D eigenvalue weighted by Gasteiger charge is 2.50. The van der Waals surface area contributed by atoms with Crippen molar-refractivity contribution in [3.8, 4) is 22.6 Å². The summed E-state index contributed by atoms with van der Waals surface area (Å²) < 4.78 is 7.46. The predicted molar refractivity (Wildman–Crippen MR) is 116 cm³/mol. The van der Waals surface area contributed by atoms with Gasteiger partial charge in [-0.3, -0.25) is 0 Å². The van der Waals surface area contributed by atoms with Crippen LogP contribution in [0, 0.1) is 6.92 Å². The van der Waals surface area contributed by atoms with Gasteiger partial charge in [0.1, 0.15) is 11.5 Å². The number of aryl methyl sites for hydroxylation is 1. The van der Waals surface area contributed by atoms with Crippen molar-refractivity contribution in [2.45, 2.75) is 12.3 Å². The van der Waals surface area contributed by atoms with Gasteiger partial charge in [0.05, 0.1) is 5.41 Å². The largest absolute Gasteiger partial charge is 0.457 e. The molecule has 0 saturated carbocycles. The third-order valence-corrected chi connectivity index (χ3v) is 6.55. The van der Waals surface area contributed by atoms with Gasteiger partial charge in [-0.1, -0.05) is 82.2 Å². The lowest BCUT2D eigenvalue weighted by atomic mass is 9.66. The maximum atomic E-state index is 6.37. The molecule has 134 valence electrons. The third kappa shape index (κ3) is 1.91. The van der Waals surface area contributed by atoms with Crippen LogP contribution in [0.2, 0.25) is 0 Å². The summed E-state index contributed by atoms with van der Waals surface area (Å²) in [7, 11) is 0. The molecule has 1 aliphatic heterocycles. The lowest BCUT2D eigenvalue weighted by Crippen LogP contribution is -2.32. The van der Waals surface area contributed by atoms with Crippen molar-refractivity contribution in [1.82, 2.24) is 0 Å². The minimum atomic E-state index is -0.369. The fraction of sp³-hybridized carbons (Fsp3) is 0.0769. The molecule has 2 heteroatoms. The van der Waals surface area contributed by atoms with E-state index in [1.807, 2.05) is 6.07 Å². The average Bonchev–Trinajstić information content (AvgIpc) is 3.00. The predicted octanol–water partition coefficient (Wildman–Crippen LogP) is 7.23. The molecule has 28 heavy (non-hydrogen) atoms. The Labute approximate surface area is 172 Å². The molecule has 1 aliphatic carbocycles. The van der Waals surface area contributed by atoms with Crippen molar-refractivity contribution in [2.24, 2.45) is 0 Å². The summed E-state index contributed by atoms with van der Waals surface area (Å²) in [6, 6.07) is 30.4. The lowest BCUT2D eigenvalue weighted by molar-refractivity contribution is 0.436. The van der Waals surface area contributed by atoms with E-state index >= 15 is 0 Å². The van der Waals surface area contributed by atoms with Crippen LogP contribution in [0.5, 0.6) is 11.5 Å². The molecule has 0 amide bonds. The molecule has 0 N–H and O–H groups in total. The van der Waals surface area contributed by atoms with Gasteiger partial charge >= 0.3 is 0 Å². The minimum Gasteiger partial charge on any atom is -0.457 e. The number of hydrogen-bond donors (Lipinski definition) is 0. The van der Waals surface area contributed by atoms with E-state index in [4.69, 9.17) is 4.74 Å². The Balaban J connectivity index is 1.87. The molecule has 0 bridgehead atoms. The van der Waals surface area contributed by atoms with Crippen LogP contribution in [0.3, 0.4) is 0 Å².